The largest absolute Gasteiger partial charge is 0.352 e. The third kappa shape index (κ3) is 2.53. The Morgan fingerprint density at radius 2 is 2.17 bits per heavy atom. The lowest BCUT2D eigenvalue weighted by Gasteiger charge is -2.26. The maximum Gasteiger partial charge on any atom is 0.131 e. The van der Waals surface area contributed by atoms with Crippen LogP contribution in [0.25, 0.3) is 16.6 Å². The van der Waals surface area contributed by atoms with Crippen LogP contribution in [0.5, 0.6) is 0 Å². The number of aromatic nitrogens is 3. The number of imidazole rings is 1. The van der Waals surface area contributed by atoms with Crippen LogP contribution in [0, 0.1) is 0 Å². The number of halogens is 2. The van der Waals surface area contributed by atoms with Crippen LogP contribution in [0.4, 0.5) is 5.82 Å². The molecule has 0 bridgehead atoms. The van der Waals surface area contributed by atoms with E-state index in [4.69, 9.17) is 33.9 Å². The van der Waals surface area contributed by atoms with Crippen LogP contribution in [0.1, 0.15) is 12.8 Å². The maximum absolute atomic E-state index is 6.45. The Labute approximate surface area is 150 Å². The van der Waals surface area contributed by atoms with E-state index in [-0.39, 0.29) is 0 Å². The normalized spacial score (nSPS) is 17.8. The van der Waals surface area contributed by atoms with Crippen LogP contribution < -0.4 is 10.6 Å². The lowest BCUT2D eigenvalue weighted by Crippen LogP contribution is -2.36. The lowest BCUT2D eigenvalue weighted by atomic mass is 10.1. The number of fused-ring (bicyclic) bond motifs is 1. The molecule has 3 heterocycles. The van der Waals surface area contributed by atoms with E-state index in [9.17, 15) is 0 Å². The number of anilines is 1. The predicted molar refractivity (Wildman–Crippen MR) is 98.3 cm³/mol. The molecule has 124 valence electrons. The zero-order chi connectivity index (χ0) is 16.7. The van der Waals surface area contributed by atoms with Gasteiger partial charge in [0.1, 0.15) is 5.82 Å². The Morgan fingerprint density at radius 1 is 1.29 bits per heavy atom. The van der Waals surface area contributed by atoms with E-state index in [1.54, 1.807) is 18.6 Å². The van der Waals surface area contributed by atoms with Crippen molar-refractivity contribution in [2.45, 2.75) is 18.9 Å². The van der Waals surface area contributed by atoms with Crippen molar-refractivity contribution < 1.29 is 0 Å². The van der Waals surface area contributed by atoms with Crippen molar-refractivity contribution in [3.05, 3.63) is 47.0 Å². The molecule has 1 aliphatic heterocycles. The number of pyridine rings is 1. The second-order valence-corrected chi connectivity index (χ2v) is 6.74. The van der Waals surface area contributed by atoms with Crippen molar-refractivity contribution >= 4 is 39.9 Å². The Bertz CT molecular complexity index is 878. The summed E-state index contributed by atoms with van der Waals surface area (Å²) >= 11 is 12.7. The van der Waals surface area contributed by atoms with Crippen molar-refractivity contribution in [3.63, 3.8) is 0 Å². The number of hydrogen-bond acceptors (Lipinski definition) is 4. The van der Waals surface area contributed by atoms with E-state index >= 15 is 0 Å². The van der Waals surface area contributed by atoms with Crippen molar-refractivity contribution in [3.8, 4) is 5.69 Å². The van der Waals surface area contributed by atoms with Gasteiger partial charge < -0.3 is 15.2 Å². The first-order valence-electron chi connectivity index (χ1n) is 7.93. The fourth-order valence-corrected chi connectivity index (χ4v) is 3.71. The first kappa shape index (κ1) is 15.7. The highest BCUT2D eigenvalue weighted by atomic mass is 35.5. The van der Waals surface area contributed by atoms with Crippen LogP contribution in [0.3, 0.4) is 0 Å². The average molecular weight is 362 g/mol. The fraction of sp³-hybridized carbons (Fsp3) is 0.294. The van der Waals surface area contributed by atoms with E-state index in [1.165, 1.54) is 0 Å². The summed E-state index contributed by atoms with van der Waals surface area (Å²) in [5.41, 5.74) is 7.61. The van der Waals surface area contributed by atoms with Gasteiger partial charge >= 0.3 is 0 Å². The molecule has 0 amide bonds. The van der Waals surface area contributed by atoms with Gasteiger partial charge in [-0.15, -0.1) is 0 Å². The van der Waals surface area contributed by atoms with Crippen LogP contribution >= 0.6 is 23.2 Å². The molecule has 3 aromatic rings. The van der Waals surface area contributed by atoms with Gasteiger partial charge in [-0.2, -0.15) is 0 Å². The third-order valence-corrected chi connectivity index (χ3v) is 5.36. The van der Waals surface area contributed by atoms with E-state index < -0.39 is 0 Å². The number of hydrogen-bond donors (Lipinski definition) is 1. The molecule has 4 rings (SSSR count). The molecule has 1 aromatic carbocycles. The highest BCUT2D eigenvalue weighted by Crippen LogP contribution is 2.36. The summed E-state index contributed by atoms with van der Waals surface area (Å²) in [7, 11) is 0. The quantitative estimate of drug-likeness (QED) is 0.773. The molecule has 1 fully saturated rings. The van der Waals surface area contributed by atoms with Gasteiger partial charge in [0.2, 0.25) is 0 Å². The van der Waals surface area contributed by atoms with Gasteiger partial charge in [0.25, 0.3) is 0 Å². The molecular weight excluding hydrogens is 345 g/mol. The monoisotopic (exact) mass is 361 g/mol. The molecule has 0 aliphatic carbocycles. The lowest BCUT2D eigenvalue weighted by molar-refractivity contribution is 0.672. The highest BCUT2D eigenvalue weighted by molar-refractivity contribution is 6.45. The van der Waals surface area contributed by atoms with Crippen molar-refractivity contribution in [2.24, 2.45) is 5.73 Å². The molecule has 1 saturated heterocycles. The smallest absolute Gasteiger partial charge is 0.131 e. The number of benzene rings is 1. The number of rotatable bonds is 3. The highest BCUT2D eigenvalue weighted by Gasteiger charge is 2.26. The van der Waals surface area contributed by atoms with Gasteiger partial charge in [-0.25, -0.2) is 9.97 Å². The summed E-state index contributed by atoms with van der Waals surface area (Å²) in [6, 6.07) is 6.12. The van der Waals surface area contributed by atoms with Gasteiger partial charge in [-0.3, -0.25) is 0 Å². The molecule has 7 heteroatoms. The summed E-state index contributed by atoms with van der Waals surface area (Å²) < 4.78 is 1.96. The van der Waals surface area contributed by atoms with E-state index in [2.05, 4.69) is 16.0 Å². The van der Waals surface area contributed by atoms with Crippen molar-refractivity contribution in [1.29, 1.82) is 0 Å². The molecule has 1 aliphatic rings. The van der Waals surface area contributed by atoms with Gasteiger partial charge in [0.05, 0.1) is 27.6 Å². The SMILES string of the molecule is NCC1CCCN1c1cc(-n2ccnc2)c2ccc(Cl)c(Cl)c2n1. The average Bonchev–Trinajstić information content (AvgIpc) is 3.28. The van der Waals surface area contributed by atoms with Gasteiger partial charge in [0.15, 0.2) is 0 Å². The number of nitrogens with two attached hydrogens (primary N) is 1. The summed E-state index contributed by atoms with van der Waals surface area (Å²) in [6.45, 7) is 1.56. The Kier molecular flexibility index (Phi) is 4.08. The molecular formula is C17H17Cl2N5. The zero-order valence-corrected chi connectivity index (χ0v) is 14.5. The summed E-state index contributed by atoms with van der Waals surface area (Å²) in [5.74, 6) is 0.878. The van der Waals surface area contributed by atoms with Crippen LogP contribution in [-0.2, 0) is 0 Å². The van der Waals surface area contributed by atoms with E-state index in [0.717, 1.165) is 36.3 Å². The molecule has 0 radical (unpaired) electrons. The molecule has 1 atom stereocenters. The first-order valence-corrected chi connectivity index (χ1v) is 8.68. The Hall–Kier alpha value is -1.82. The Balaban J connectivity index is 1.97. The molecule has 0 saturated carbocycles. The second-order valence-electron chi connectivity index (χ2n) is 5.95. The molecule has 5 nitrogen and oxygen atoms in total. The van der Waals surface area contributed by atoms with E-state index in [0.29, 0.717) is 28.1 Å². The minimum absolute atomic E-state index is 0.309. The predicted octanol–water partition coefficient (Wildman–Crippen LogP) is 3.65. The fourth-order valence-electron chi connectivity index (χ4n) is 3.35. The Morgan fingerprint density at radius 3 is 2.92 bits per heavy atom. The summed E-state index contributed by atoms with van der Waals surface area (Å²) in [4.78, 5) is 11.2. The van der Waals surface area contributed by atoms with Gasteiger partial charge in [-0.1, -0.05) is 23.2 Å². The molecule has 1 unspecified atom stereocenters. The summed E-state index contributed by atoms with van der Waals surface area (Å²) in [5, 5.41) is 1.91. The standard InChI is InChI=1S/C17H17Cl2N5/c18-13-4-3-12-14(23-7-5-21-10-23)8-15(22-17(12)16(13)19)24-6-1-2-11(24)9-20/h3-5,7-8,10-11H,1-2,6,9,20H2. The molecule has 24 heavy (non-hydrogen) atoms. The first-order chi connectivity index (χ1) is 11.7. The van der Waals surface area contributed by atoms with Crippen molar-refractivity contribution in [2.75, 3.05) is 18.0 Å². The second kappa shape index (κ2) is 6.24. The van der Waals surface area contributed by atoms with Crippen molar-refractivity contribution in [1.82, 2.24) is 14.5 Å². The minimum Gasteiger partial charge on any atom is -0.352 e. The van der Waals surface area contributed by atoms with Crippen LogP contribution in [0.15, 0.2) is 36.9 Å². The molecule has 0 spiro atoms. The topological polar surface area (TPSA) is 60.0 Å². The van der Waals surface area contributed by atoms with Gasteiger partial charge in [0, 0.05) is 43.0 Å². The number of nitrogens with zero attached hydrogens (tertiary/aromatic N) is 4. The minimum atomic E-state index is 0.309. The maximum atomic E-state index is 6.45. The molecule has 2 N–H and O–H groups in total. The van der Waals surface area contributed by atoms with Crippen LogP contribution in [0.2, 0.25) is 10.0 Å². The molecule has 2 aromatic heterocycles. The van der Waals surface area contributed by atoms with Gasteiger partial charge in [-0.05, 0) is 25.0 Å². The van der Waals surface area contributed by atoms with E-state index in [1.807, 2.05) is 16.8 Å². The summed E-state index contributed by atoms with van der Waals surface area (Å²) in [6.07, 6.45) is 7.63. The zero-order valence-electron chi connectivity index (χ0n) is 13.0. The third-order valence-electron chi connectivity index (χ3n) is 4.56. The van der Waals surface area contributed by atoms with Crippen LogP contribution in [-0.4, -0.2) is 33.7 Å².